The van der Waals surface area contributed by atoms with Crippen LogP contribution >= 0.6 is 11.3 Å². The molecule has 0 aliphatic heterocycles. The molecule has 1 aromatic heterocycles. The average molecular weight is 307 g/mol. The van der Waals surface area contributed by atoms with Gasteiger partial charge in [-0.05, 0) is 37.6 Å². The molecule has 2 rings (SSSR count). The van der Waals surface area contributed by atoms with E-state index >= 15 is 0 Å². The summed E-state index contributed by atoms with van der Waals surface area (Å²) >= 11 is 1.59. The van der Waals surface area contributed by atoms with Crippen LogP contribution in [0.5, 0.6) is 0 Å². The number of aromatic nitrogens is 1. The first-order valence-corrected chi connectivity index (χ1v) is 8.16. The summed E-state index contributed by atoms with van der Waals surface area (Å²) in [6.07, 6.45) is 0. The van der Waals surface area contributed by atoms with Crippen LogP contribution in [0.15, 0.2) is 29.6 Å². The highest BCUT2D eigenvalue weighted by Crippen LogP contribution is 2.28. The van der Waals surface area contributed by atoms with E-state index in [2.05, 4.69) is 29.5 Å². The fourth-order valence-corrected chi connectivity index (χ4v) is 2.97. The first-order valence-electron chi connectivity index (χ1n) is 7.28. The third kappa shape index (κ3) is 4.51. The second-order valence-corrected chi connectivity index (χ2v) is 6.21. The number of thiazole rings is 1. The lowest BCUT2D eigenvalue weighted by atomic mass is 10.2. The maximum absolute atomic E-state index is 13.4. The summed E-state index contributed by atoms with van der Waals surface area (Å²) < 4.78 is 13.4. The zero-order valence-electron chi connectivity index (χ0n) is 12.8. The first-order chi connectivity index (χ1) is 10.1. The Bertz CT molecular complexity index is 568. The van der Waals surface area contributed by atoms with Gasteiger partial charge in [0.15, 0.2) is 5.13 Å². The SMILES string of the molecule is CCN(c1cccc(F)c1)c1nc(CNCC(C)C)cs1. The Kier molecular flexibility index (Phi) is 5.70. The van der Waals surface area contributed by atoms with Crippen LogP contribution < -0.4 is 10.2 Å². The van der Waals surface area contributed by atoms with E-state index in [0.29, 0.717) is 5.92 Å². The topological polar surface area (TPSA) is 28.2 Å². The molecule has 0 amide bonds. The van der Waals surface area contributed by atoms with Crippen LogP contribution in [0, 0.1) is 11.7 Å². The van der Waals surface area contributed by atoms with Gasteiger partial charge < -0.3 is 10.2 Å². The van der Waals surface area contributed by atoms with E-state index in [-0.39, 0.29) is 5.82 Å². The maximum atomic E-state index is 13.4. The summed E-state index contributed by atoms with van der Waals surface area (Å²) in [5.74, 6) is 0.406. The Balaban J connectivity index is 2.07. The minimum absolute atomic E-state index is 0.221. The van der Waals surface area contributed by atoms with Gasteiger partial charge in [-0.2, -0.15) is 0 Å². The van der Waals surface area contributed by atoms with Crippen LogP contribution in [0.4, 0.5) is 15.2 Å². The number of nitrogens with one attached hydrogen (secondary N) is 1. The van der Waals surface area contributed by atoms with Gasteiger partial charge in [-0.25, -0.2) is 9.37 Å². The molecule has 2 aromatic rings. The molecule has 0 aliphatic carbocycles. The van der Waals surface area contributed by atoms with Crippen molar-refractivity contribution in [1.82, 2.24) is 10.3 Å². The van der Waals surface area contributed by atoms with E-state index in [1.807, 2.05) is 17.9 Å². The number of benzene rings is 1. The molecule has 0 radical (unpaired) electrons. The van der Waals surface area contributed by atoms with Gasteiger partial charge in [0.05, 0.1) is 5.69 Å². The van der Waals surface area contributed by atoms with Crippen LogP contribution in [-0.2, 0) is 6.54 Å². The lowest BCUT2D eigenvalue weighted by molar-refractivity contribution is 0.549. The number of rotatable bonds is 7. The molecule has 3 nitrogen and oxygen atoms in total. The van der Waals surface area contributed by atoms with Crippen LogP contribution in [-0.4, -0.2) is 18.1 Å². The van der Waals surface area contributed by atoms with Crippen molar-refractivity contribution in [1.29, 1.82) is 0 Å². The highest BCUT2D eigenvalue weighted by Gasteiger charge is 2.12. The minimum atomic E-state index is -0.221. The van der Waals surface area contributed by atoms with E-state index < -0.39 is 0 Å². The molecule has 0 aliphatic rings. The van der Waals surface area contributed by atoms with Gasteiger partial charge in [-0.1, -0.05) is 19.9 Å². The molecule has 0 bridgehead atoms. The Labute approximate surface area is 129 Å². The van der Waals surface area contributed by atoms with Crippen LogP contribution in [0.1, 0.15) is 26.5 Å². The molecule has 1 heterocycles. The van der Waals surface area contributed by atoms with Gasteiger partial charge in [-0.15, -0.1) is 11.3 Å². The van der Waals surface area contributed by atoms with E-state index in [1.54, 1.807) is 23.5 Å². The van der Waals surface area contributed by atoms with Crippen LogP contribution in [0.2, 0.25) is 0 Å². The molecule has 1 N–H and O–H groups in total. The second kappa shape index (κ2) is 7.52. The Morgan fingerprint density at radius 1 is 1.38 bits per heavy atom. The van der Waals surface area contributed by atoms with Crippen LogP contribution in [0.3, 0.4) is 0 Å². The normalized spacial score (nSPS) is 11.1. The van der Waals surface area contributed by atoms with Crippen molar-refractivity contribution in [2.75, 3.05) is 18.0 Å². The largest absolute Gasteiger partial charge is 0.318 e. The molecule has 0 unspecified atom stereocenters. The van der Waals surface area contributed by atoms with Crippen molar-refractivity contribution in [2.45, 2.75) is 27.3 Å². The van der Waals surface area contributed by atoms with Gasteiger partial charge in [0, 0.05) is 24.2 Å². The predicted molar refractivity (Wildman–Crippen MR) is 87.7 cm³/mol. The highest BCUT2D eigenvalue weighted by molar-refractivity contribution is 7.13. The lowest BCUT2D eigenvalue weighted by Crippen LogP contribution is -2.19. The fraction of sp³-hybridized carbons (Fsp3) is 0.438. The summed E-state index contributed by atoms with van der Waals surface area (Å²) in [5.41, 5.74) is 1.87. The zero-order chi connectivity index (χ0) is 15.2. The summed E-state index contributed by atoms with van der Waals surface area (Å²) in [7, 11) is 0. The van der Waals surface area contributed by atoms with Gasteiger partial charge in [-0.3, -0.25) is 0 Å². The number of halogens is 1. The number of hydrogen-bond acceptors (Lipinski definition) is 4. The molecule has 1 aromatic carbocycles. The average Bonchev–Trinajstić information content (AvgIpc) is 2.88. The van der Waals surface area contributed by atoms with Crippen molar-refractivity contribution in [3.8, 4) is 0 Å². The highest BCUT2D eigenvalue weighted by atomic mass is 32.1. The number of anilines is 2. The summed E-state index contributed by atoms with van der Waals surface area (Å²) in [6.45, 7) is 8.92. The van der Waals surface area contributed by atoms with E-state index in [9.17, 15) is 4.39 Å². The number of hydrogen-bond donors (Lipinski definition) is 1. The smallest absolute Gasteiger partial charge is 0.190 e. The second-order valence-electron chi connectivity index (χ2n) is 5.37. The summed E-state index contributed by atoms with van der Waals surface area (Å²) in [6, 6.07) is 6.64. The third-order valence-corrected chi connectivity index (χ3v) is 3.98. The molecular weight excluding hydrogens is 285 g/mol. The fourth-order valence-electron chi connectivity index (χ4n) is 2.06. The van der Waals surface area contributed by atoms with Crippen LogP contribution in [0.25, 0.3) is 0 Å². The van der Waals surface area contributed by atoms with Gasteiger partial charge in [0.1, 0.15) is 5.82 Å². The van der Waals surface area contributed by atoms with Crippen molar-refractivity contribution in [3.05, 3.63) is 41.2 Å². The lowest BCUT2D eigenvalue weighted by Gasteiger charge is -2.19. The first kappa shape index (κ1) is 15.9. The van der Waals surface area contributed by atoms with Crippen molar-refractivity contribution < 1.29 is 4.39 Å². The van der Waals surface area contributed by atoms with Gasteiger partial charge >= 0.3 is 0 Å². The van der Waals surface area contributed by atoms with Crippen molar-refractivity contribution in [2.24, 2.45) is 5.92 Å². The van der Waals surface area contributed by atoms with E-state index in [4.69, 9.17) is 0 Å². The quantitative estimate of drug-likeness (QED) is 0.831. The predicted octanol–water partition coefficient (Wildman–Crippen LogP) is 4.19. The molecule has 0 spiro atoms. The summed E-state index contributed by atoms with van der Waals surface area (Å²) in [5, 5.41) is 6.35. The van der Waals surface area contributed by atoms with E-state index in [0.717, 1.165) is 36.1 Å². The molecule has 21 heavy (non-hydrogen) atoms. The van der Waals surface area contributed by atoms with Gasteiger partial charge in [0.25, 0.3) is 0 Å². The Hall–Kier alpha value is -1.46. The van der Waals surface area contributed by atoms with Crippen molar-refractivity contribution >= 4 is 22.2 Å². The molecule has 0 fully saturated rings. The zero-order valence-corrected chi connectivity index (χ0v) is 13.6. The molecule has 5 heteroatoms. The van der Waals surface area contributed by atoms with Crippen molar-refractivity contribution in [3.63, 3.8) is 0 Å². The monoisotopic (exact) mass is 307 g/mol. The Morgan fingerprint density at radius 2 is 2.19 bits per heavy atom. The number of nitrogens with zero attached hydrogens (tertiary/aromatic N) is 2. The summed E-state index contributed by atoms with van der Waals surface area (Å²) in [4.78, 5) is 6.67. The molecule has 114 valence electrons. The molecule has 0 saturated carbocycles. The molecule has 0 atom stereocenters. The third-order valence-electron chi connectivity index (χ3n) is 3.07. The minimum Gasteiger partial charge on any atom is -0.318 e. The maximum Gasteiger partial charge on any atom is 0.190 e. The molecule has 0 saturated heterocycles. The van der Waals surface area contributed by atoms with E-state index in [1.165, 1.54) is 6.07 Å². The molecular formula is C16H22FN3S. The Morgan fingerprint density at radius 3 is 2.86 bits per heavy atom. The standard InChI is InChI=1S/C16H22FN3S/c1-4-20(15-7-5-6-13(17)8-15)16-19-14(11-21-16)10-18-9-12(2)3/h5-8,11-12,18H,4,9-10H2,1-3H3. The van der Waals surface area contributed by atoms with Gasteiger partial charge in [0.2, 0.25) is 0 Å².